The highest BCUT2D eigenvalue weighted by molar-refractivity contribution is 6.12. The maximum atomic E-state index is 14.1. The van der Waals surface area contributed by atoms with Gasteiger partial charge in [-0.1, -0.05) is 48.9 Å². The highest BCUT2D eigenvalue weighted by Gasteiger charge is 2.55. The molecule has 7 amide bonds. The minimum atomic E-state index is -1.08. The second kappa shape index (κ2) is 24.2. The van der Waals surface area contributed by atoms with Crippen LogP contribution in [-0.4, -0.2) is 121 Å². The van der Waals surface area contributed by atoms with Gasteiger partial charge < -0.3 is 45.5 Å². The van der Waals surface area contributed by atoms with E-state index in [0.29, 0.717) is 57.4 Å². The first-order chi connectivity index (χ1) is 31.4. The van der Waals surface area contributed by atoms with E-state index in [9.17, 15) is 33.6 Å². The summed E-state index contributed by atoms with van der Waals surface area (Å²) < 4.78 is 23.9. The van der Waals surface area contributed by atoms with Gasteiger partial charge in [-0.3, -0.25) is 44.9 Å². The van der Waals surface area contributed by atoms with Crippen molar-refractivity contribution in [1.29, 1.82) is 0 Å². The van der Waals surface area contributed by atoms with Gasteiger partial charge in [-0.05, 0) is 90.0 Å². The van der Waals surface area contributed by atoms with Crippen LogP contribution in [0.15, 0.2) is 66.7 Å². The van der Waals surface area contributed by atoms with Crippen molar-refractivity contribution in [3.8, 4) is 0 Å². The number of nitrogens with two attached hydrogens (primary N) is 1. The summed E-state index contributed by atoms with van der Waals surface area (Å²) in [5.41, 5.74) is 4.18. The van der Waals surface area contributed by atoms with Crippen molar-refractivity contribution in [1.82, 2.24) is 31.6 Å². The molecule has 19 heteroatoms. The van der Waals surface area contributed by atoms with Crippen molar-refractivity contribution in [3.63, 3.8) is 0 Å². The van der Waals surface area contributed by atoms with E-state index < -0.39 is 71.7 Å². The first kappa shape index (κ1) is 51.3. The van der Waals surface area contributed by atoms with Crippen LogP contribution in [0.25, 0.3) is 0 Å². The number of unbranched alkanes of at least 4 members (excludes halogenated alkanes) is 2. The highest BCUT2D eigenvalue weighted by atomic mass is 16.8. The predicted octanol–water partition coefficient (Wildman–Crippen LogP) is 2.43. The summed E-state index contributed by atoms with van der Waals surface area (Å²) in [4.78, 5) is 91.2. The third-order valence-electron chi connectivity index (χ3n) is 11.0. The van der Waals surface area contributed by atoms with Crippen LogP contribution in [0, 0.1) is 0 Å². The normalized spacial score (nSPS) is 20.6. The number of nitrogens with one attached hydrogen (secondary N) is 6. The quantitative estimate of drug-likeness (QED) is 0.0346. The Kier molecular flexibility index (Phi) is 18.8. The average Bonchev–Trinajstić information content (AvgIpc) is 3.87. The number of benzene rings is 2. The summed E-state index contributed by atoms with van der Waals surface area (Å²) in [5, 5.41) is 14.2. The Balaban J connectivity index is 1.16. The van der Waals surface area contributed by atoms with Gasteiger partial charge in [0.25, 0.3) is 11.8 Å². The summed E-state index contributed by atoms with van der Waals surface area (Å²) >= 11 is 0. The van der Waals surface area contributed by atoms with E-state index >= 15 is 0 Å². The van der Waals surface area contributed by atoms with Crippen molar-refractivity contribution in [2.75, 3.05) is 31.5 Å². The van der Waals surface area contributed by atoms with E-state index in [1.54, 1.807) is 46.8 Å². The molecule has 0 saturated carbocycles. The zero-order chi connectivity index (χ0) is 47.9. The average molecular weight is 919 g/mol. The summed E-state index contributed by atoms with van der Waals surface area (Å²) in [7, 11) is 0. The molecule has 2 aromatic rings. The smallest absolute Gasteiger partial charge is 0.407 e. The Labute approximate surface area is 386 Å². The van der Waals surface area contributed by atoms with E-state index in [4.69, 9.17) is 24.8 Å². The molecule has 0 bridgehead atoms. The fraction of sp³-hybridized carbons (Fsp3) is 0.553. The summed E-state index contributed by atoms with van der Waals surface area (Å²) in [6, 6.07) is 14.3. The van der Waals surface area contributed by atoms with Gasteiger partial charge in [0.2, 0.25) is 23.6 Å². The second-order valence-electron chi connectivity index (χ2n) is 18.1. The lowest BCUT2D eigenvalue weighted by atomic mass is 10.0. The van der Waals surface area contributed by atoms with Crippen molar-refractivity contribution < 1.29 is 52.5 Å². The summed E-state index contributed by atoms with van der Waals surface area (Å²) in [6.45, 7) is 10.1. The number of ether oxygens (including phenoxy) is 4. The Hall–Kier alpha value is -5.73. The molecule has 0 aromatic heterocycles. The molecule has 2 fully saturated rings. The molecule has 0 radical (unpaired) electrons. The molecule has 66 heavy (non-hydrogen) atoms. The molecule has 360 valence electrons. The fourth-order valence-electron chi connectivity index (χ4n) is 7.84. The standard InChI is InChI=1S/C47H66N8O11/c1-46(2,3)66-45(62)49-25-23-30-17-19-32(20-18-30)52-43(60)33(15-12-24-51-48)54-44(61)34(27-31-13-8-6-9-14-31)53-38(57)28-35-41-42(65-47(4,5)64-41)36(63-35)29-50-37(56)16-10-7-11-26-55-39(58)21-22-40(55)59/h6,8-9,13-14,17-22,33-36,41-42,51H,7,10-12,15-16,23-29,48H2,1-5H3,(H,49,62)(H,50,56)(H,52,60)(H,53,57)(H,54,61)/t33?,34-,35+,36-,41?,42?/m1/s1. The number of carbonyl (C=O) groups excluding carboxylic acids is 7. The molecule has 3 aliphatic rings. The number of hydrazine groups is 1. The highest BCUT2D eigenvalue weighted by Crippen LogP contribution is 2.39. The van der Waals surface area contributed by atoms with E-state index in [1.807, 2.05) is 42.5 Å². The lowest BCUT2D eigenvalue weighted by Crippen LogP contribution is -2.54. The minimum Gasteiger partial charge on any atom is -0.444 e. The van der Waals surface area contributed by atoms with Crippen LogP contribution in [0.3, 0.4) is 0 Å². The molecule has 19 nitrogen and oxygen atoms in total. The molecular weight excluding hydrogens is 853 g/mol. The molecule has 3 aliphatic heterocycles. The largest absolute Gasteiger partial charge is 0.444 e. The monoisotopic (exact) mass is 918 g/mol. The van der Waals surface area contributed by atoms with Crippen LogP contribution in [0.1, 0.15) is 90.7 Å². The second-order valence-corrected chi connectivity index (χ2v) is 18.1. The number of rotatable bonds is 24. The number of amides is 7. The molecule has 2 saturated heterocycles. The Morgan fingerprint density at radius 2 is 1.45 bits per heavy atom. The van der Waals surface area contributed by atoms with Crippen LogP contribution in [0.2, 0.25) is 0 Å². The van der Waals surface area contributed by atoms with Crippen LogP contribution in [0.4, 0.5) is 10.5 Å². The van der Waals surface area contributed by atoms with Gasteiger partial charge in [0.1, 0.15) is 36.0 Å². The van der Waals surface area contributed by atoms with E-state index in [2.05, 4.69) is 32.0 Å². The number of anilines is 1. The maximum absolute atomic E-state index is 14.1. The third kappa shape index (κ3) is 16.3. The molecular formula is C47H66N8O11. The lowest BCUT2D eigenvalue weighted by Gasteiger charge is -2.25. The van der Waals surface area contributed by atoms with Crippen LogP contribution >= 0.6 is 0 Å². The van der Waals surface area contributed by atoms with Crippen molar-refractivity contribution >= 4 is 47.2 Å². The van der Waals surface area contributed by atoms with Gasteiger partial charge in [0.05, 0.1) is 12.5 Å². The Morgan fingerprint density at radius 3 is 2.12 bits per heavy atom. The first-order valence-electron chi connectivity index (χ1n) is 22.6. The van der Waals surface area contributed by atoms with Crippen molar-refractivity contribution in [3.05, 3.63) is 77.9 Å². The van der Waals surface area contributed by atoms with Crippen LogP contribution in [-0.2, 0) is 60.6 Å². The molecule has 2 aromatic carbocycles. The number of fused-ring (bicyclic) bond motifs is 1. The van der Waals surface area contributed by atoms with Crippen molar-refractivity contribution in [2.24, 2.45) is 5.84 Å². The molecule has 0 spiro atoms. The zero-order valence-corrected chi connectivity index (χ0v) is 38.5. The fourth-order valence-corrected chi connectivity index (χ4v) is 7.84. The topological polar surface area (TPSA) is 258 Å². The molecule has 0 aliphatic carbocycles. The number of carbonyl (C=O) groups is 7. The predicted molar refractivity (Wildman–Crippen MR) is 243 cm³/mol. The number of imide groups is 1. The molecule has 5 rings (SSSR count). The number of hydrogen-bond acceptors (Lipinski definition) is 13. The first-order valence-corrected chi connectivity index (χ1v) is 22.6. The maximum Gasteiger partial charge on any atom is 0.407 e. The van der Waals surface area contributed by atoms with Crippen LogP contribution in [0.5, 0.6) is 0 Å². The van der Waals surface area contributed by atoms with Crippen molar-refractivity contribution in [2.45, 2.75) is 140 Å². The summed E-state index contributed by atoms with van der Waals surface area (Å²) in [6.07, 6.45) is 2.60. The molecule has 3 unspecified atom stereocenters. The van der Waals surface area contributed by atoms with Gasteiger partial charge >= 0.3 is 6.09 Å². The number of alkyl carbamates (subject to hydrolysis) is 1. The lowest BCUT2D eigenvalue weighted by molar-refractivity contribution is -0.187. The minimum absolute atomic E-state index is 0.111. The van der Waals surface area contributed by atoms with Gasteiger partial charge in [0.15, 0.2) is 5.79 Å². The number of hydrogen-bond donors (Lipinski definition) is 7. The molecule has 3 heterocycles. The van der Waals surface area contributed by atoms with E-state index in [1.165, 1.54) is 17.1 Å². The number of nitrogens with zero attached hydrogens (tertiary/aromatic N) is 1. The third-order valence-corrected chi connectivity index (χ3v) is 11.0. The van der Waals surface area contributed by atoms with Gasteiger partial charge in [-0.15, -0.1) is 0 Å². The molecule has 6 atom stereocenters. The van der Waals surface area contributed by atoms with Gasteiger partial charge in [0, 0.05) is 56.9 Å². The zero-order valence-electron chi connectivity index (χ0n) is 38.5. The SMILES string of the molecule is CC(C)(C)OC(=O)NCCc1ccc(NC(=O)C(CCCNN)NC(=O)[C@@H](Cc2ccccc2)NC(=O)C[C@@H]2O[C@H](CNC(=O)CCCCCN3C(=O)C=CC3=O)C3OC(C)(C)OC32)cc1. The van der Waals surface area contributed by atoms with E-state index in [0.717, 1.165) is 11.1 Å². The van der Waals surface area contributed by atoms with Gasteiger partial charge in [-0.2, -0.15) is 0 Å². The molecule has 8 N–H and O–H groups in total. The summed E-state index contributed by atoms with van der Waals surface area (Å²) in [5.74, 6) is 2.17. The Bertz CT molecular complexity index is 2010. The van der Waals surface area contributed by atoms with Gasteiger partial charge in [-0.25, -0.2) is 4.79 Å². The van der Waals surface area contributed by atoms with E-state index in [-0.39, 0.29) is 49.9 Å². The Morgan fingerprint density at radius 1 is 0.773 bits per heavy atom. The van der Waals surface area contributed by atoms with Crippen LogP contribution < -0.4 is 37.9 Å².